The summed E-state index contributed by atoms with van der Waals surface area (Å²) in [5.74, 6) is -0.832. The molecule has 18 heavy (non-hydrogen) atoms. The Morgan fingerprint density at radius 2 is 1.72 bits per heavy atom. The minimum atomic E-state index is -0.419. The first kappa shape index (κ1) is 14.0. The highest BCUT2D eigenvalue weighted by molar-refractivity contribution is 5.98. The van der Waals surface area contributed by atoms with Gasteiger partial charge in [0.2, 0.25) is 0 Å². The van der Waals surface area contributed by atoms with Crippen molar-refractivity contribution < 1.29 is 19.1 Å². The number of nitrogens with one attached hydrogen (secondary N) is 1. The summed E-state index contributed by atoms with van der Waals surface area (Å²) in [5, 5.41) is 2.86. The molecular formula is C13H17NO4. The largest absolute Gasteiger partial charge is 0.462 e. The first-order valence-electron chi connectivity index (χ1n) is 5.80. The van der Waals surface area contributed by atoms with Crippen LogP contribution in [-0.4, -0.2) is 32.2 Å². The van der Waals surface area contributed by atoms with Crippen molar-refractivity contribution in [2.24, 2.45) is 0 Å². The molecule has 0 saturated carbocycles. The fraction of sp³-hybridized carbons (Fsp3) is 0.385. The molecule has 5 nitrogen and oxygen atoms in total. The second-order valence-corrected chi connectivity index (χ2v) is 3.45. The van der Waals surface area contributed by atoms with Gasteiger partial charge in [-0.15, -0.1) is 0 Å². The minimum absolute atomic E-state index is 0.307. The SMILES string of the molecule is CCOC(=O)c1ccc(C(=O)OCC)c(NC)c1. The monoisotopic (exact) mass is 251 g/mol. The van der Waals surface area contributed by atoms with E-state index in [9.17, 15) is 9.59 Å². The smallest absolute Gasteiger partial charge is 0.340 e. The van der Waals surface area contributed by atoms with Crippen molar-refractivity contribution in [3.8, 4) is 0 Å². The predicted octanol–water partition coefficient (Wildman–Crippen LogP) is 2.08. The number of hydrogen-bond donors (Lipinski definition) is 1. The summed E-state index contributed by atoms with van der Waals surface area (Å²) in [5.41, 5.74) is 1.33. The number of benzene rings is 1. The fourth-order valence-electron chi connectivity index (χ4n) is 1.48. The van der Waals surface area contributed by atoms with Crippen LogP contribution in [0.2, 0.25) is 0 Å². The van der Waals surface area contributed by atoms with Gasteiger partial charge in [-0.3, -0.25) is 0 Å². The van der Waals surface area contributed by atoms with Crippen LogP contribution in [0.15, 0.2) is 18.2 Å². The highest BCUT2D eigenvalue weighted by Gasteiger charge is 2.15. The molecule has 0 bridgehead atoms. The summed E-state index contributed by atoms with van der Waals surface area (Å²) in [6.07, 6.45) is 0. The van der Waals surface area contributed by atoms with Crippen LogP contribution in [0.5, 0.6) is 0 Å². The maximum atomic E-state index is 11.7. The van der Waals surface area contributed by atoms with Gasteiger partial charge >= 0.3 is 11.9 Å². The van der Waals surface area contributed by atoms with E-state index in [1.807, 2.05) is 0 Å². The van der Waals surface area contributed by atoms with Gasteiger partial charge in [0.15, 0.2) is 0 Å². The molecule has 0 saturated heterocycles. The summed E-state index contributed by atoms with van der Waals surface area (Å²) in [4.78, 5) is 23.2. The second-order valence-electron chi connectivity index (χ2n) is 3.45. The van der Waals surface area contributed by atoms with Crippen LogP contribution in [0.4, 0.5) is 5.69 Å². The zero-order chi connectivity index (χ0) is 13.5. The molecule has 0 aliphatic rings. The third kappa shape index (κ3) is 3.23. The third-order valence-electron chi connectivity index (χ3n) is 2.30. The van der Waals surface area contributed by atoms with Gasteiger partial charge in [0.05, 0.1) is 24.3 Å². The van der Waals surface area contributed by atoms with E-state index in [1.54, 1.807) is 39.1 Å². The highest BCUT2D eigenvalue weighted by Crippen LogP contribution is 2.19. The Hall–Kier alpha value is -2.04. The van der Waals surface area contributed by atoms with Gasteiger partial charge in [0, 0.05) is 12.7 Å². The molecule has 5 heteroatoms. The number of anilines is 1. The number of esters is 2. The lowest BCUT2D eigenvalue weighted by atomic mass is 10.1. The molecule has 1 rings (SSSR count). The molecule has 0 radical (unpaired) electrons. The first-order chi connectivity index (χ1) is 8.63. The van der Waals surface area contributed by atoms with Crippen LogP contribution in [0.25, 0.3) is 0 Å². The summed E-state index contributed by atoms with van der Waals surface area (Å²) in [6, 6.07) is 4.67. The Balaban J connectivity index is 3.03. The second kappa shape index (κ2) is 6.64. The van der Waals surface area contributed by atoms with Crippen LogP contribution in [0.3, 0.4) is 0 Å². The van der Waals surface area contributed by atoms with Gasteiger partial charge in [-0.1, -0.05) is 0 Å². The molecule has 0 atom stereocenters. The topological polar surface area (TPSA) is 64.6 Å². The average Bonchev–Trinajstić information content (AvgIpc) is 2.38. The van der Waals surface area contributed by atoms with Crippen molar-refractivity contribution in [3.05, 3.63) is 29.3 Å². The van der Waals surface area contributed by atoms with Gasteiger partial charge in [-0.25, -0.2) is 9.59 Å². The van der Waals surface area contributed by atoms with Gasteiger partial charge in [-0.2, -0.15) is 0 Å². The van der Waals surface area contributed by atoms with Gasteiger partial charge < -0.3 is 14.8 Å². The summed E-state index contributed by atoms with van der Waals surface area (Å²) in [6.45, 7) is 4.10. The summed E-state index contributed by atoms with van der Waals surface area (Å²) < 4.78 is 9.82. The van der Waals surface area contributed by atoms with E-state index in [-0.39, 0.29) is 0 Å². The number of carbonyl (C=O) groups is 2. The van der Waals surface area contributed by atoms with Crippen LogP contribution >= 0.6 is 0 Å². The van der Waals surface area contributed by atoms with Gasteiger partial charge in [-0.05, 0) is 32.0 Å². The molecule has 0 unspecified atom stereocenters. The molecule has 0 aliphatic heterocycles. The molecule has 1 aromatic carbocycles. The number of ether oxygens (including phenoxy) is 2. The van der Waals surface area contributed by atoms with Gasteiger partial charge in [0.1, 0.15) is 0 Å². The van der Waals surface area contributed by atoms with Crippen molar-refractivity contribution in [1.29, 1.82) is 0 Å². The van der Waals surface area contributed by atoms with Crippen molar-refractivity contribution in [3.63, 3.8) is 0 Å². The maximum Gasteiger partial charge on any atom is 0.340 e. The molecule has 0 aromatic heterocycles. The van der Waals surface area contributed by atoms with Crippen molar-refractivity contribution in [2.75, 3.05) is 25.6 Å². The predicted molar refractivity (Wildman–Crippen MR) is 67.9 cm³/mol. The van der Waals surface area contributed by atoms with E-state index >= 15 is 0 Å². The molecule has 0 spiro atoms. The normalized spacial score (nSPS) is 9.72. The lowest BCUT2D eigenvalue weighted by molar-refractivity contribution is 0.0512. The molecule has 0 heterocycles. The molecular weight excluding hydrogens is 234 g/mol. The minimum Gasteiger partial charge on any atom is -0.462 e. The van der Waals surface area contributed by atoms with E-state index in [0.29, 0.717) is 30.0 Å². The maximum absolute atomic E-state index is 11.7. The van der Waals surface area contributed by atoms with E-state index in [1.165, 1.54) is 0 Å². The fourth-order valence-corrected chi connectivity index (χ4v) is 1.48. The van der Waals surface area contributed by atoms with E-state index in [0.717, 1.165) is 0 Å². The number of rotatable bonds is 5. The van der Waals surface area contributed by atoms with E-state index in [2.05, 4.69) is 5.32 Å². The van der Waals surface area contributed by atoms with Crippen molar-refractivity contribution in [2.45, 2.75) is 13.8 Å². The highest BCUT2D eigenvalue weighted by atomic mass is 16.5. The molecule has 98 valence electrons. The van der Waals surface area contributed by atoms with Crippen molar-refractivity contribution >= 4 is 17.6 Å². The zero-order valence-corrected chi connectivity index (χ0v) is 10.8. The quantitative estimate of drug-likeness (QED) is 0.812. The Kier molecular flexibility index (Phi) is 5.17. The molecule has 0 amide bonds. The van der Waals surface area contributed by atoms with Crippen LogP contribution in [-0.2, 0) is 9.47 Å². The van der Waals surface area contributed by atoms with E-state index < -0.39 is 11.9 Å². The lowest BCUT2D eigenvalue weighted by Crippen LogP contribution is -2.10. The Bertz CT molecular complexity index is 443. The lowest BCUT2D eigenvalue weighted by Gasteiger charge is -2.10. The molecule has 0 fully saturated rings. The third-order valence-corrected chi connectivity index (χ3v) is 2.30. The number of carbonyl (C=O) groups excluding carboxylic acids is 2. The summed E-state index contributed by atoms with van der Waals surface area (Å²) >= 11 is 0. The first-order valence-corrected chi connectivity index (χ1v) is 5.80. The molecule has 0 aliphatic carbocycles. The van der Waals surface area contributed by atoms with Crippen molar-refractivity contribution in [1.82, 2.24) is 0 Å². The summed E-state index contributed by atoms with van der Waals surface area (Å²) in [7, 11) is 1.67. The molecule has 1 aromatic rings. The Morgan fingerprint density at radius 1 is 1.11 bits per heavy atom. The standard InChI is InChI=1S/C13H17NO4/c1-4-17-12(15)9-6-7-10(11(8-9)14-3)13(16)18-5-2/h6-8,14H,4-5H2,1-3H3. The molecule has 1 N–H and O–H groups in total. The van der Waals surface area contributed by atoms with Crippen LogP contribution in [0.1, 0.15) is 34.6 Å². The van der Waals surface area contributed by atoms with Gasteiger partial charge in [0.25, 0.3) is 0 Å². The number of hydrogen-bond acceptors (Lipinski definition) is 5. The van der Waals surface area contributed by atoms with E-state index in [4.69, 9.17) is 9.47 Å². The Labute approximate surface area is 106 Å². The van der Waals surface area contributed by atoms with Crippen LogP contribution in [0, 0.1) is 0 Å². The van der Waals surface area contributed by atoms with Crippen LogP contribution < -0.4 is 5.32 Å². The Morgan fingerprint density at radius 3 is 2.28 bits per heavy atom. The zero-order valence-electron chi connectivity index (χ0n) is 10.8. The average molecular weight is 251 g/mol.